The molecule has 3 heteroatoms. The van der Waals surface area contributed by atoms with E-state index in [1.165, 1.54) is 13.8 Å². The molecule has 0 saturated carbocycles. The molecule has 1 amide bonds. The molecule has 1 atom stereocenters. The van der Waals surface area contributed by atoms with Crippen molar-refractivity contribution in [2.45, 2.75) is 53.3 Å². The van der Waals surface area contributed by atoms with E-state index in [0.29, 0.717) is 0 Å². The smallest absolute Gasteiger partial charge is 0.257 e. The number of halogens is 1. The van der Waals surface area contributed by atoms with Crippen LogP contribution in [0.2, 0.25) is 0 Å². The summed E-state index contributed by atoms with van der Waals surface area (Å²) in [6, 6.07) is -0.0324. The van der Waals surface area contributed by atoms with Gasteiger partial charge >= 0.3 is 0 Å². The number of carbonyl (C=O) groups is 1. The molecule has 0 aromatic rings. The minimum atomic E-state index is -1.79. The molecule has 0 spiro atoms. The molecule has 0 rings (SSSR count). The van der Waals surface area contributed by atoms with Crippen LogP contribution >= 0.6 is 0 Å². The zero-order valence-corrected chi connectivity index (χ0v) is 9.36. The third-order valence-electron chi connectivity index (χ3n) is 2.19. The molecule has 1 unspecified atom stereocenters. The molecule has 0 radical (unpaired) electrons. The first-order valence-electron chi connectivity index (χ1n) is 4.55. The molecule has 1 N–H and O–H groups in total. The van der Waals surface area contributed by atoms with E-state index in [-0.39, 0.29) is 11.5 Å². The highest BCUT2D eigenvalue weighted by atomic mass is 19.1. The van der Waals surface area contributed by atoms with Crippen molar-refractivity contribution in [2.75, 3.05) is 0 Å². The number of carbonyl (C=O) groups excluding carboxylic acids is 1. The first-order chi connectivity index (χ1) is 5.55. The van der Waals surface area contributed by atoms with Crippen molar-refractivity contribution in [3.63, 3.8) is 0 Å². The van der Waals surface area contributed by atoms with E-state index < -0.39 is 11.6 Å². The molecule has 0 aromatic heterocycles. The Morgan fingerprint density at radius 1 is 1.23 bits per heavy atom. The lowest BCUT2D eigenvalue weighted by molar-refractivity contribution is -0.132. The summed E-state index contributed by atoms with van der Waals surface area (Å²) >= 11 is 0. The van der Waals surface area contributed by atoms with Crippen LogP contribution in [0.4, 0.5) is 4.39 Å². The number of nitrogens with one attached hydrogen (secondary N) is 1. The Morgan fingerprint density at radius 2 is 1.62 bits per heavy atom. The predicted molar refractivity (Wildman–Crippen MR) is 52.2 cm³/mol. The lowest BCUT2D eigenvalue weighted by Gasteiger charge is -2.29. The number of hydrogen-bond acceptors (Lipinski definition) is 1. The van der Waals surface area contributed by atoms with E-state index >= 15 is 0 Å². The summed E-state index contributed by atoms with van der Waals surface area (Å²) < 4.78 is 13.1. The van der Waals surface area contributed by atoms with Gasteiger partial charge < -0.3 is 5.32 Å². The first-order valence-corrected chi connectivity index (χ1v) is 4.55. The molecule has 0 aliphatic heterocycles. The van der Waals surface area contributed by atoms with Gasteiger partial charge in [-0.2, -0.15) is 0 Å². The summed E-state index contributed by atoms with van der Waals surface area (Å²) in [4.78, 5) is 11.2. The van der Waals surface area contributed by atoms with Gasteiger partial charge in [0.25, 0.3) is 5.91 Å². The van der Waals surface area contributed by atoms with Crippen LogP contribution in [0.5, 0.6) is 0 Å². The Hall–Kier alpha value is -0.600. The van der Waals surface area contributed by atoms with E-state index in [0.717, 1.165) is 0 Å². The number of alkyl halides is 1. The van der Waals surface area contributed by atoms with Crippen molar-refractivity contribution < 1.29 is 9.18 Å². The molecule has 2 nitrogen and oxygen atoms in total. The summed E-state index contributed by atoms with van der Waals surface area (Å²) in [6.45, 7) is 10.4. The maximum Gasteiger partial charge on any atom is 0.257 e. The van der Waals surface area contributed by atoms with E-state index in [1.54, 1.807) is 0 Å². The Morgan fingerprint density at radius 3 is 1.85 bits per heavy atom. The lowest BCUT2D eigenvalue weighted by Crippen LogP contribution is -2.48. The lowest BCUT2D eigenvalue weighted by atomic mass is 9.87. The van der Waals surface area contributed by atoms with Crippen LogP contribution in [0.3, 0.4) is 0 Å². The van der Waals surface area contributed by atoms with Gasteiger partial charge in [-0.1, -0.05) is 20.8 Å². The van der Waals surface area contributed by atoms with Crippen LogP contribution in [0.15, 0.2) is 0 Å². The average molecular weight is 189 g/mol. The van der Waals surface area contributed by atoms with Crippen molar-refractivity contribution in [2.24, 2.45) is 5.41 Å². The molecule has 0 aromatic carbocycles. The number of amides is 1. The third kappa shape index (κ3) is 4.25. The molecule has 0 aliphatic rings. The second kappa shape index (κ2) is 3.64. The third-order valence-corrected chi connectivity index (χ3v) is 2.19. The minimum Gasteiger partial charge on any atom is -0.350 e. The molecule has 78 valence electrons. The normalized spacial score (nSPS) is 15.3. The van der Waals surface area contributed by atoms with E-state index in [1.807, 2.05) is 27.7 Å². The van der Waals surface area contributed by atoms with Crippen LogP contribution < -0.4 is 5.32 Å². The Balaban J connectivity index is 4.24. The molecule has 0 heterocycles. The number of hydrogen-bond donors (Lipinski definition) is 1. The van der Waals surface area contributed by atoms with Crippen LogP contribution in [-0.4, -0.2) is 17.6 Å². The van der Waals surface area contributed by atoms with Crippen molar-refractivity contribution in [1.29, 1.82) is 0 Å². The highest BCUT2D eigenvalue weighted by molar-refractivity contribution is 5.84. The summed E-state index contributed by atoms with van der Waals surface area (Å²) in [7, 11) is 0. The summed E-state index contributed by atoms with van der Waals surface area (Å²) in [5.74, 6) is -0.546. The van der Waals surface area contributed by atoms with Crippen LogP contribution in [-0.2, 0) is 4.79 Å². The van der Waals surface area contributed by atoms with E-state index in [2.05, 4.69) is 5.32 Å². The monoisotopic (exact) mass is 189 g/mol. The summed E-state index contributed by atoms with van der Waals surface area (Å²) in [6.07, 6.45) is 0. The summed E-state index contributed by atoms with van der Waals surface area (Å²) in [5, 5.41) is 2.65. The van der Waals surface area contributed by atoms with Gasteiger partial charge in [0.1, 0.15) is 0 Å². The Kier molecular flexibility index (Phi) is 3.47. The fourth-order valence-electron chi connectivity index (χ4n) is 0.585. The largest absolute Gasteiger partial charge is 0.350 e. The molecule has 0 aliphatic carbocycles. The van der Waals surface area contributed by atoms with E-state index in [4.69, 9.17) is 0 Å². The number of rotatable bonds is 2. The maximum atomic E-state index is 13.1. The molecule has 13 heavy (non-hydrogen) atoms. The minimum absolute atomic E-state index is 0.0324. The standard InChI is InChI=1S/C10H20FNO/c1-7(9(2,3)4)12-8(13)10(5,6)11/h7H,1-6H3,(H,12,13). The van der Waals surface area contributed by atoms with Crippen LogP contribution in [0.25, 0.3) is 0 Å². The van der Waals surface area contributed by atoms with E-state index in [9.17, 15) is 9.18 Å². The van der Waals surface area contributed by atoms with Crippen LogP contribution in [0.1, 0.15) is 41.5 Å². The SMILES string of the molecule is CC(NC(=O)C(C)(C)F)C(C)(C)C. The van der Waals surface area contributed by atoms with Crippen molar-refractivity contribution in [3.05, 3.63) is 0 Å². The highest BCUT2D eigenvalue weighted by Crippen LogP contribution is 2.19. The first kappa shape index (κ1) is 12.4. The van der Waals surface area contributed by atoms with Gasteiger partial charge in [0, 0.05) is 6.04 Å². The molecular formula is C10H20FNO. The van der Waals surface area contributed by atoms with Gasteiger partial charge in [-0.15, -0.1) is 0 Å². The van der Waals surface area contributed by atoms with Gasteiger partial charge in [-0.25, -0.2) is 4.39 Å². The fraction of sp³-hybridized carbons (Fsp3) is 0.900. The second-order valence-corrected chi connectivity index (χ2v) is 5.03. The molecule has 0 saturated heterocycles. The topological polar surface area (TPSA) is 29.1 Å². The highest BCUT2D eigenvalue weighted by Gasteiger charge is 2.30. The van der Waals surface area contributed by atoms with Gasteiger partial charge in [0.15, 0.2) is 5.67 Å². The van der Waals surface area contributed by atoms with Gasteiger partial charge in [0.05, 0.1) is 0 Å². The Bertz CT molecular complexity index is 188. The van der Waals surface area contributed by atoms with Gasteiger partial charge in [-0.3, -0.25) is 4.79 Å². The molecular weight excluding hydrogens is 169 g/mol. The van der Waals surface area contributed by atoms with Crippen molar-refractivity contribution in [3.8, 4) is 0 Å². The predicted octanol–water partition coefficient (Wildman–Crippen LogP) is 2.29. The van der Waals surface area contributed by atoms with Gasteiger partial charge in [-0.05, 0) is 26.2 Å². The van der Waals surface area contributed by atoms with Crippen molar-refractivity contribution >= 4 is 5.91 Å². The van der Waals surface area contributed by atoms with Crippen LogP contribution in [0, 0.1) is 5.41 Å². The second-order valence-electron chi connectivity index (χ2n) is 5.03. The summed E-state index contributed by atoms with van der Waals surface area (Å²) in [5.41, 5.74) is -1.83. The zero-order valence-electron chi connectivity index (χ0n) is 9.36. The molecule has 0 fully saturated rings. The van der Waals surface area contributed by atoms with Crippen molar-refractivity contribution in [1.82, 2.24) is 5.32 Å². The fourth-order valence-corrected chi connectivity index (χ4v) is 0.585. The molecule has 0 bridgehead atoms. The zero-order chi connectivity index (χ0) is 10.9. The van der Waals surface area contributed by atoms with Gasteiger partial charge in [0.2, 0.25) is 0 Å². The Labute approximate surface area is 79.9 Å². The quantitative estimate of drug-likeness (QED) is 0.709. The maximum absolute atomic E-state index is 13.1. The average Bonchev–Trinajstić information content (AvgIpc) is 1.82.